The second-order valence-corrected chi connectivity index (χ2v) is 7.19. The van der Waals surface area contributed by atoms with Gasteiger partial charge in [-0.15, -0.1) is 0 Å². The minimum atomic E-state index is 0.164. The second-order valence-electron chi connectivity index (χ2n) is 6.75. The van der Waals surface area contributed by atoms with Gasteiger partial charge in [-0.1, -0.05) is 35.9 Å². The van der Waals surface area contributed by atoms with E-state index in [1.165, 1.54) is 12.8 Å². The molecule has 1 aliphatic rings. The number of hydrogen-bond donors (Lipinski definition) is 0. The fourth-order valence-electron chi connectivity index (χ4n) is 3.10. The number of rotatable bonds is 7. The first-order valence-corrected chi connectivity index (χ1v) is 9.11. The van der Waals surface area contributed by atoms with Crippen LogP contribution in [0.1, 0.15) is 30.9 Å². The lowest BCUT2D eigenvalue weighted by Gasteiger charge is -2.30. The zero-order valence-corrected chi connectivity index (χ0v) is 15.5. The van der Waals surface area contributed by atoms with Crippen molar-refractivity contribution in [2.24, 2.45) is 5.92 Å². The van der Waals surface area contributed by atoms with Crippen molar-refractivity contribution in [1.82, 2.24) is 4.90 Å². The second kappa shape index (κ2) is 7.92. The summed E-state index contributed by atoms with van der Waals surface area (Å²) < 4.78 is 5.21. The van der Waals surface area contributed by atoms with Crippen LogP contribution in [-0.4, -0.2) is 24.0 Å². The smallest absolute Gasteiger partial charge is 0.227 e. The highest BCUT2D eigenvalue weighted by Gasteiger charge is 2.34. The Morgan fingerprint density at radius 3 is 2.28 bits per heavy atom. The molecule has 0 bridgehead atoms. The van der Waals surface area contributed by atoms with Gasteiger partial charge in [0.25, 0.3) is 0 Å². The maximum atomic E-state index is 13.0. The van der Waals surface area contributed by atoms with Crippen LogP contribution in [0, 0.1) is 5.92 Å². The van der Waals surface area contributed by atoms with Crippen molar-refractivity contribution < 1.29 is 9.53 Å². The summed E-state index contributed by atoms with van der Waals surface area (Å²) in [6.45, 7) is 2.80. The lowest BCUT2D eigenvalue weighted by atomic mass is 10.1. The average Bonchev–Trinajstić information content (AvgIpc) is 3.46. The van der Waals surface area contributed by atoms with Crippen LogP contribution in [0.4, 0.5) is 0 Å². The number of ether oxygens (including phenoxy) is 1. The van der Waals surface area contributed by atoms with E-state index >= 15 is 0 Å². The van der Waals surface area contributed by atoms with E-state index in [2.05, 4.69) is 6.92 Å². The zero-order chi connectivity index (χ0) is 17.8. The summed E-state index contributed by atoms with van der Waals surface area (Å²) in [5, 5.41) is 0.692. The summed E-state index contributed by atoms with van der Waals surface area (Å²) in [5.41, 5.74) is 2.12. The van der Waals surface area contributed by atoms with E-state index in [1.54, 1.807) is 7.11 Å². The van der Waals surface area contributed by atoms with Crippen LogP contribution in [-0.2, 0) is 17.8 Å². The molecule has 3 rings (SSSR count). The molecular formula is C21H24ClNO2. The Bertz CT molecular complexity index is 708. The van der Waals surface area contributed by atoms with Crippen LogP contribution >= 0.6 is 11.6 Å². The van der Waals surface area contributed by atoms with Crippen molar-refractivity contribution in [3.63, 3.8) is 0 Å². The lowest BCUT2D eigenvalue weighted by molar-refractivity contribution is -0.133. The summed E-state index contributed by atoms with van der Waals surface area (Å²) in [6.07, 6.45) is 2.84. The number of carbonyl (C=O) groups is 1. The molecule has 1 fully saturated rings. The molecule has 0 N–H and O–H groups in total. The van der Waals surface area contributed by atoms with Crippen molar-refractivity contribution in [3.05, 3.63) is 64.7 Å². The highest BCUT2D eigenvalue weighted by atomic mass is 35.5. The third kappa shape index (κ3) is 4.76. The standard InChI is InChI=1S/C21H24ClNO2/c1-15(18-7-8-18)23(14-17-5-11-20(25-2)12-6-17)21(24)13-16-3-9-19(22)10-4-16/h3-6,9-12,15,18H,7-8,13-14H2,1-2H3. The van der Waals surface area contributed by atoms with E-state index in [1.807, 2.05) is 53.4 Å². The van der Waals surface area contributed by atoms with Gasteiger partial charge in [0.05, 0.1) is 13.5 Å². The number of methoxy groups -OCH3 is 1. The molecule has 3 nitrogen and oxygen atoms in total. The molecule has 0 heterocycles. The van der Waals surface area contributed by atoms with Crippen LogP contribution in [0.15, 0.2) is 48.5 Å². The SMILES string of the molecule is COc1ccc(CN(C(=O)Cc2ccc(Cl)cc2)C(C)C2CC2)cc1. The van der Waals surface area contributed by atoms with Gasteiger partial charge in [-0.3, -0.25) is 4.79 Å². The van der Waals surface area contributed by atoms with E-state index in [-0.39, 0.29) is 11.9 Å². The van der Waals surface area contributed by atoms with Crippen molar-refractivity contribution in [1.29, 1.82) is 0 Å². The van der Waals surface area contributed by atoms with E-state index in [4.69, 9.17) is 16.3 Å². The van der Waals surface area contributed by atoms with Gasteiger partial charge in [0.15, 0.2) is 0 Å². The highest BCUT2D eigenvalue weighted by molar-refractivity contribution is 6.30. The van der Waals surface area contributed by atoms with Crippen molar-refractivity contribution in [2.45, 2.75) is 38.8 Å². The minimum absolute atomic E-state index is 0.164. The molecule has 4 heteroatoms. The molecule has 0 saturated heterocycles. The predicted octanol–water partition coefficient (Wildman–Crippen LogP) is 4.72. The molecule has 0 aromatic heterocycles. The van der Waals surface area contributed by atoms with Crippen molar-refractivity contribution >= 4 is 17.5 Å². The quantitative estimate of drug-likeness (QED) is 0.717. The Hall–Kier alpha value is -2.00. The number of halogens is 1. The zero-order valence-electron chi connectivity index (χ0n) is 14.7. The molecule has 2 aromatic rings. The van der Waals surface area contributed by atoms with Crippen LogP contribution in [0.2, 0.25) is 5.02 Å². The molecule has 0 spiro atoms. The molecule has 2 aromatic carbocycles. The fourth-order valence-corrected chi connectivity index (χ4v) is 3.22. The summed E-state index contributed by atoms with van der Waals surface area (Å²) in [4.78, 5) is 15.0. The molecule has 25 heavy (non-hydrogen) atoms. The largest absolute Gasteiger partial charge is 0.497 e. The van der Waals surface area contributed by atoms with E-state index in [9.17, 15) is 4.79 Å². The third-order valence-electron chi connectivity index (χ3n) is 4.90. The maximum absolute atomic E-state index is 13.0. The summed E-state index contributed by atoms with van der Waals surface area (Å²) >= 11 is 5.94. The topological polar surface area (TPSA) is 29.5 Å². The molecule has 1 unspecified atom stereocenters. The lowest BCUT2D eigenvalue weighted by Crippen LogP contribution is -2.40. The Labute approximate surface area is 154 Å². The Balaban J connectivity index is 1.73. The number of nitrogens with zero attached hydrogens (tertiary/aromatic N) is 1. The molecule has 1 saturated carbocycles. The van der Waals surface area contributed by atoms with E-state index < -0.39 is 0 Å². The van der Waals surface area contributed by atoms with E-state index in [0.29, 0.717) is 23.9 Å². The molecule has 1 amide bonds. The fraction of sp³-hybridized carbons (Fsp3) is 0.381. The first kappa shape index (κ1) is 17.8. The summed E-state index contributed by atoms with van der Waals surface area (Å²) in [7, 11) is 1.66. The molecule has 0 radical (unpaired) electrons. The van der Waals surface area contributed by atoms with Crippen LogP contribution in [0.3, 0.4) is 0 Å². The number of carbonyl (C=O) groups excluding carboxylic acids is 1. The number of benzene rings is 2. The molecule has 0 aliphatic heterocycles. The first-order chi connectivity index (χ1) is 12.1. The van der Waals surface area contributed by atoms with Crippen LogP contribution in [0.5, 0.6) is 5.75 Å². The van der Waals surface area contributed by atoms with Gasteiger partial charge in [-0.25, -0.2) is 0 Å². The molecule has 132 valence electrons. The van der Waals surface area contributed by atoms with Crippen molar-refractivity contribution in [3.8, 4) is 5.75 Å². The van der Waals surface area contributed by atoms with Gasteiger partial charge in [0, 0.05) is 17.6 Å². The number of amides is 1. The molecular weight excluding hydrogens is 334 g/mol. The normalized spacial score (nSPS) is 14.8. The maximum Gasteiger partial charge on any atom is 0.227 e. The van der Waals surface area contributed by atoms with Gasteiger partial charge >= 0.3 is 0 Å². The molecule has 1 aliphatic carbocycles. The summed E-state index contributed by atoms with van der Waals surface area (Å²) in [5.74, 6) is 1.63. The average molecular weight is 358 g/mol. The third-order valence-corrected chi connectivity index (χ3v) is 5.15. The Morgan fingerprint density at radius 2 is 1.72 bits per heavy atom. The first-order valence-electron chi connectivity index (χ1n) is 8.73. The van der Waals surface area contributed by atoms with Gasteiger partial charge < -0.3 is 9.64 Å². The minimum Gasteiger partial charge on any atom is -0.497 e. The van der Waals surface area contributed by atoms with E-state index in [0.717, 1.165) is 16.9 Å². The Morgan fingerprint density at radius 1 is 1.12 bits per heavy atom. The number of hydrogen-bond acceptors (Lipinski definition) is 2. The van der Waals surface area contributed by atoms with Gasteiger partial charge in [-0.2, -0.15) is 0 Å². The molecule has 1 atom stereocenters. The highest BCUT2D eigenvalue weighted by Crippen LogP contribution is 2.36. The Kier molecular flexibility index (Phi) is 5.64. The predicted molar refractivity (Wildman–Crippen MR) is 101 cm³/mol. The van der Waals surface area contributed by atoms with Crippen molar-refractivity contribution in [2.75, 3.05) is 7.11 Å². The van der Waals surface area contributed by atoms with Gasteiger partial charge in [0.1, 0.15) is 5.75 Å². The monoisotopic (exact) mass is 357 g/mol. The van der Waals surface area contributed by atoms with Gasteiger partial charge in [0.2, 0.25) is 5.91 Å². The van der Waals surface area contributed by atoms with Crippen LogP contribution < -0.4 is 4.74 Å². The van der Waals surface area contributed by atoms with Gasteiger partial charge in [-0.05, 0) is 61.1 Å². The van der Waals surface area contributed by atoms with Crippen LogP contribution in [0.25, 0.3) is 0 Å². The summed E-state index contributed by atoms with van der Waals surface area (Å²) in [6, 6.07) is 15.7.